The Morgan fingerprint density at radius 1 is 1.38 bits per heavy atom. The summed E-state index contributed by atoms with van der Waals surface area (Å²) in [5, 5.41) is 0. The van der Waals surface area contributed by atoms with Gasteiger partial charge in [0.1, 0.15) is 0 Å². The van der Waals surface area contributed by atoms with E-state index in [1.807, 2.05) is 7.11 Å². The molecular formula is C12H20O. The van der Waals surface area contributed by atoms with Crippen molar-refractivity contribution >= 4 is 0 Å². The number of methoxy groups -OCH3 is 1. The fourth-order valence-electron chi connectivity index (χ4n) is 3.21. The fourth-order valence-corrected chi connectivity index (χ4v) is 3.21. The van der Waals surface area contributed by atoms with Gasteiger partial charge in [0.15, 0.2) is 0 Å². The molecule has 0 heterocycles. The lowest BCUT2D eigenvalue weighted by molar-refractivity contribution is -0.146. The molecule has 0 aromatic heterocycles. The summed E-state index contributed by atoms with van der Waals surface area (Å²) in [5.41, 5.74) is 2.38. The molecule has 2 bridgehead atoms. The van der Waals surface area contributed by atoms with E-state index in [-0.39, 0.29) is 0 Å². The number of fused-ring (bicyclic) bond motifs is 1. The number of allylic oxidation sites excluding steroid dienone is 1. The second-order valence-electron chi connectivity index (χ2n) is 5.41. The largest absolute Gasteiger partial charge is 0.377 e. The minimum Gasteiger partial charge on any atom is -0.377 e. The first-order valence-corrected chi connectivity index (χ1v) is 5.15. The van der Waals surface area contributed by atoms with Crippen LogP contribution >= 0.6 is 0 Å². The van der Waals surface area contributed by atoms with Gasteiger partial charge >= 0.3 is 0 Å². The van der Waals surface area contributed by atoms with Crippen LogP contribution in [0.5, 0.6) is 0 Å². The molecule has 13 heavy (non-hydrogen) atoms. The highest BCUT2D eigenvalue weighted by Gasteiger charge is 2.62. The molecule has 1 saturated carbocycles. The summed E-state index contributed by atoms with van der Waals surface area (Å²) in [7, 11) is 1.82. The van der Waals surface area contributed by atoms with Crippen molar-refractivity contribution in [3.05, 3.63) is 11.6 Å². The molecule has 3 atom stereocenters. The van der Waals surface area contributed by atoms with Crippen LogP contribution in [0.15, 0.2) is 11.6 Å². The van der Waals surface area contributed by atoms with Gasteiger partial charge in [0, 0.05) is 7.11 Å². The molecular weight excluding hydrogens is 160 g/mol. The van der Waals surface area contributed by atoms with Crippen LogP contribution in [0, 0.1) is 16.7 Å². The monoisotopic (exact) mass is 180 g/mol. The summed E-state index contributed by atoms with van der Waals surface area (Å²) in [5.74, 6) is 0.728. The summed E-state index contributed by atoms with van der Waals surface area (Å²) < 4.78 is 5.52. The lowest BCUT2D eigenvalue weighted by Gasteiger charge is -2.65. The highest BCUT2D eigenvalue weighted by Crippen LogP contribution is 2.67. The molecule has 1 heteroatoms. The normalized spacial score (nSPS) is 46.7. The maximum atomic E-state index is 5.52. The Balaban J connectivity index is 2.40. The van der Waals surface area contributed by atoms with Gasteiger partial charge < -0.3 is 4.74 Å². The minimum atomic E-state index is 0.358. The summed E-state index contributed by atoms with van der Waals surface area (Å²) in [6.45, 7) is 9.40. The van der Waals surface area contributed by atoms with Crippen LogP contribution in [0.1, 0.15) is 34.1 Å². The first-order chi connectivity index (χ1) is 5.93. The van der Waals surface area contributed by atoms with Crippen molar-refractivity contribution in [1.82, 2.24) is 0 Å². The van der Waals surface area contributed by atoms with Gasteiger partial charge in [-0.2, -0.15) is 0 Å². The van der Waals surface area contributed by atoms with Crippen LogP contribution in [0.2, 0.25) is 0 Å². The molecule has 1 fully saturated rings. The Hall–Kier alpha value is -0.300. The van der Waals surface area contributed by atoms with Crippen LogP contribution in [-0.4, -0.2) is 13.2 Å². The lowest BCUT2D eigenvalue weighted by atomic mass is 9.40. The molecule has 74 valence electrons. The standard InChI is InChI=1S/C12H20O/c1-8-6-10(13-5)9-7-12(8,4)11(9,2)3/h6,9-10H,7H2,1-5H3. The van der Waals surface area contributed by atoms with Gasteiger partial charge in [0.25, 0.3) is 0 Å². The van der Waals surface area contributed by atoms with Crippen LogP contribution in [-0.2, 0) is 4.74 Å². The third-order valence-electron chi connectivity index (χ3n) is 4.93. The molecule has 0 aromatic rings. The predicted octanol–water partition coefficient (Wildman–Crippen LogP) is 3.01. The van der Waals surface area contributed by atoms with E-state index >= 15 is 0 Å². The maximum absolute atomic E-state index is 5.52. The van der Waals surface area contributed by atoms with E-state index in [0.29, 0.717) is 16.9 Å². The first-order valence-electron chi connectivity index (χ1n) is 5.15. The van der Waals surface area contributed by atoms with Crippen LogP contribution in [0.3, 0.4) is 0 Å². The van der Waals surface area contributed by atoms with Gasteiger partial charge in [-0.05, 0) is 30.1 Å². The maximum Gasteiger partial charge on any atom is 0.0788 e. The number of rotatable bonds is 1. The van der Waals surface area contributed by atoms with Gasteiger partial charge in [-0.25, -0.2) is 0 Å². The van der Waals surface area contributed by atoms with Crippen molar-refractivity contribution in [1.29, 1.82) is 0 Å². The average molecular weight is 180 g/mol. The highest BCUT2D eigenvalue weighted by atomic mass is 16.5. The van der Waals surface area contributed by atoms with Crippen molar-refractivity contribution in [3.8, 4) is 0 Å². The van der Waals surface area contributed by atoms with E-state index in [1.54, 1.807) is 0 Å². The molecule has 3 aliphatic rings. The van der Waals surface area contributed by atoms with Crippen molar-refractivity contribution in [3.63, 3.8) is 0 Å². The smallest absolute Gasteiger partial charge is 0.0788 e. The molecule has 0 aromatic carbocycles. The third kappa shape index (κ3) is 0.864. The molecule has 0 aliphatic heterocycles. The predicted molar refractivity (Wildman–Crippen MR) is 54.5 cm³/mol. The summed E-state index contributed by atoms with van der Waals surface area (Å²) in [6.07, 6.45) is 3.98. The molecule has 3 unspecified atom stereocenters. The number of hydrogen-bond donors (Lipinski definition) is 0. The minimum absolute atomic E-state index is 0.358. The highest BCUT2D eigenvalue weighted by molar-refractivity contribution is 5.31. The molecule has 3 rings (SSSR count). The fraction of sp³-hybridized carbons (Fsp3) is 0.833. The molecule has 1 nitrogen and oxygen atoms in total. The van der Waals surface area contributed by atoms with Gasteiger partial charge in [0.2, 0.25) is 0 Å². The topological polar surface area (TPSA) is 9.23 Å². The molecule has 0 amide bonds. The Kier molecular flexibility index (Phi) is 1.70. The average Bonchev–Trinajstić information content (AvgIpc) is 2.08. The molecule has 0 saturated heterocycles. The van der Waals surface area contributed by atoms with Gasteiger partial charge in [-0.15, -0.1) is 0 Å². The second kappa shape index (κ2) is 2.38. The number of hydrogen-bond acceptors (Lipinski definition) is 1. The van der Waals surface area contributed by atoms with Crippen molar-refractivity contribution in [2.24, 2.45) is 16.7 Å². The van der Waals surface area contributed by atoms with Crippen molar-refractivity contribution in [2.45, 2.75) is 40.2 Å². The van der Waals surface area contributed by atoms with Gasteiger partial charge in [-0.1, -0.05) is 32.4 Å². The van der Waals surface area contributed by atoms with Gasteiger partial charge in [-0.3, -0.25) is 0 Å². The van der Waals surface area contributed by atoms with Crippen molar-refractivity contribution in [2.75, 3.05) is 7.11 Å². The molecule has 0 N–H and O–H groups in total. The van der Waals surface area contributed by atoms with E-state index in [2.05, 4.69) is 33.8 Å². The molecule has 0 spiro atoms. The summed E-state index contributed by atoms with van der Waals surface area (Å²) in [6, 6.07) is 0. The zero-order valence-electron chi connectivity index (χ0n) is 9.35. The van der Waals surface area contributed by atoms with E-state index in [4.69, 9.17) is 4.74 Å². The zero-order chi connectivity index (χ0) is 9.85. The van der Waals surface area contributed by atoms with E-state index < -0.39 is 0 Å². The second-order valence-corrected chi connectivity index (χ2v) is 5.41. The third-order valence-corrected chi connectivity index (χ3v) is 4.93. The van der Waals surface area contributed by atoms with E-state index in [9.17, 15) is 0 Å². The van der Waals surface area contributed by atoms with E-state index in [1.165, 1.54) is 12.0 Å². The van der Waals surface area contributed by atoms with E-state index in [0.717, 1.165) is 5.92 Å². The van der Waals surface area contributed by atoms with Gasteiger partial charge in [0.05, 0.1) is 6.10 Å². The Labute approximate surface area is 81.2 Å². The summed E-state index contributed by atoms with van der Waals surface area (Å²) in [4.78, 5) is 0. The Morgan fingerprint density at radius 2 is 2.00 bits per heavy atom. The van der Waals surface area contributed by atoms with Crippen LogP contribution in [0.4, 0.5) is 0 Å². The quantitative estimate of drug-likeness (QED) is 0.564. The van der Waals surface area contributed by atoms with Crippen LogP contribution < -0.4 is 0 Å². The summed E-state index contributed by atoms with van der Waals surface area (Å²) >= 11 is 0. The SMILES string of the molecule is COC1C=C(C)C2(C)CC1C2(C)C. The first kappa shape index (κ1) is 9.26. The molecule has 3 aliphatic carbocycles. The molecule has 0 radical (unpaired) electrons. The Morgan fingerprint density at radius 3 is 2.38 bits per heavy atom. The van der Waals surface area contributed by atoms with Crippen molar-refractivity contribution < 1.29 is 4.74 Å². The number of ether oxygens (including phenoxy) is 1. The zero-order valence-corrected chi connectivity index (χ0v) is 9.35. The van der Waals surface area contributed by atoms with Crippen LogP contribution in [0.25, 0.3) is 0 Å². The Bertz CT molecular complexity index is 264. The lowest BCUT2D eigenvalue weighted by Crippen LogP contribution is -2.60.